The molecule has 1 fully saturated rings. The first-order chi connectivity index (χ1) is 24.4. The lowest BCUT2D eigenvalue weighted by Gasteiger charge is -2.40. The van der Waals surface area contributed by atoms with E-state index in [1.165, 1.54) is 48.5 Å². The molecule has 0 saturated carbocycles. The van der Waals surface area contributed by atoms with E-state index in [1.807, 2.05) is 0 Å². The zero-order valence-corrected chi connectivity index (χ0v) is 26.2. The van der Waals surface area contributed by atoms with Gasteiger partial charge in [0, 0.05) is 29.8 Å². The number of ether oxygens (including phenoxy) is 3. The minimum Gasteiger partial charge on any atom is -0.508 e. The van der Waals surface area contributed by atoms with Crippen molar-refractivity contribution in [1.82, 2.24) is 0 Å². The van der Waals surface area contributed by atoms with Gasteiger partial charge in [0.25, 0.3) is 0 Å². The first-order valence-corrected chi connectivity index (χ1v) is 15.5. The summed E-state index contributed by atoms with van der Waals surface area (Å²) in [5, 5.41) is 93.3. The summed E-state index contributed by atoms with van der Waals surface area (Å²) in [6, 6.07) is 15.1. The molecule has 51 heavy (non-hydrogen) atoms. The molecule has 1 saturated heterocycles. The molecule has 0 aliphatic carbocycles. The van der Waals surface area contributed by atoms with E-state index in [0.717, 1.165) is 24.3 Å². The molecule has 0 spiro atoms. The monoisotopic (exact) mass is 702 g/mol. The van der Waals surface area contributed by atoms with Gasteiger partial charge in [-0.1, -0.05) is 12.1 Å². The van der Waals surface area contributed by atoms with Crippen LogP contribution >= 0.6 is 0 Å². The Balaban J connectivity index is 1.53. The molecule has 7 atom stereocenters. The van der Waals surface area contributed by atoms with Crippen molar-refractivity contribution in [2.75, 3.05) is 6.61 Å². The largest absolute Gasteiger partial charge is 0.508 e. The van der Waals surface area contributed by atoms with Crippen LogP contribution in [0.1, 0.15) is 33.5 Å². The van der Waals surface area contributed by atoms with Crippen LogP contribution in [0.3, 0.4) is 0 Å². The van der Waals surface area contributed by atoms with E-state index in [-0.39, 0.29) is 39.7 Å². The van der Waals surface area contributed by atoms with E-state index in [0.29, 0.717) is 5.56 Å². The molecule has 15 nitrogen and oxygen atoms in total. The smallest absolute Gasteiger partial charge is 0.229 e. The maximum absolute atomic E-state index is 14.7. The number of hydrogen-bond donors (Lipinski definition) is 9. The van der Waals surface area contributed by atoms with Gasteiger partial charge < -0.3 is 64.6 Å². The number of aliphatic hydroxyl groups excluding tert-OH is 4. The zero-order chi connectivity index (χ0) is 36.3. The quantitative estimate of drug-likeness (QED) is 0.123. The maximum atomic E-state index is 14.7. The number of carbonyl (C=O) groups excluding carboxylic acids is 1. The highest BCUT2D eigenvalue weighted by Gasteiger charge is 2.48. The topological polar surface area (TPSA) is 257 Å². The summed E-state index contributed by atoms with van der Waals surface area (Å²) < 4.78 is 24.1. The average Bonchev–Trinajstić information content (AvgIpc) is 3.09. The average molecular weight is 703 g/mol. The summed E-state index contributed by atoms with van der Waals surface area (Å²) in [7, 11) is 0. The van der Waals surface area contributed by atoms with Crippen LogP contribution < -0.4 is 14.9 Å². The van der Waals surface area contributed by atoms with Crippen molar-refractivity contribution in [3.63, 3.8) is 0 Å². The summed E-state index contributed by atoms with van der Waals surface area (Å²) in [5.41, 5.74) is -1.23. The van der Waals surface area contributed by atoms with Crippen LogP contribution in [0, 0.1) is 0 Å². The van der Waals surface area contributed by atoms with Gasteiger partial charge in [-0.05, 0) is 42.0 Å². The molecular weight excluding hydrogens is 672 g/mol. The Morgan fingerprint density at radius 2 is 1.39 bits per heavy atom. The van der Waals surface area contributed by atoms with Crippen LogP contribution in [0.2, 0.25) is 0 Å². The molecule has 7 unspecified atom stereocenters. The molecular formula is C36H30O15. The lowest BCUT2D eigenvalue weighted by Crippen LogP contribution is -2.60. The predicted octanol–water partition coefficient (Wildman–Crippen LogP) is 2.27. The summed E-state index contributed by atoms with van der Waals surface area (Å²) in [6.07, 6.45) is -10.2. The number of hydrogen-bond acceptors (Lipinski definition) is 15. The van der Waals surface area contributed by atoms with Crippen molar-refractivity contribution >= 4 is 16.8 Å². The Labute approximate surface area is 286 Å². The second-order valence-corrected chi connectivity index (χ2v) is 12.2. The van der Waals surface area contributed by atoms with Gasteiger partial charge in [-0.25, -0.2) is 0 Å². The fourth-order valence-corrected chi connectivity index (χ4v) is 6.39. The fraction of sp³-hybridized carbons (Fsp3) is 0.222. The van der Waals surface area contributed by atoms with Crippen LogP contribution in [0.25, 0.3) is 22.3 Å². The van der Waals surface area contributed by atoms with Crippen molar-refractivity contribution in [3.8, 4) is 51.6 Å². The second kappa shape index (κ2) is 12.8. The van der Waals surface area contributed by atoms with E-state index < -0.39 is 94.5 Å². The molecule has 9 N–H and O–H groups in total. The fourth-order valence-electron chi connectivity index (χ4n) is 6.39. The standard InChI is InChI=1S/C36H30O15/c37-13-25-30(44)32(46)33(47)36(51-25)50-24-12-21(43)26-20(42)11-22(14-1-5-16(38)6-2-14)48-35(26)28(24)29-31(45)27-19(41)9-18(40)10-23(27)49-34(29)15-3-7-17(39)8-4-15/h1-12,25,29-30,32-34,36-41,43-44,46-47H,13H2. The van der Waals surface area contributed by atoms with Gasteiger partial charge >= 0.3 is 0 Å². The Hall–Kier alpha value is -5.84. The number of carbonyl (C=O) groups is 1. The normalized spacial score (nSPS) is 24.5. The molecule has 4 aromatic carbocycles. The lowest BCUT2D eigenvalue weighted by atomic mass is 9.79. The Kier molecular flexibility index (Phi) is 8.45. The lowest BCUT2D eigenvalue weighted by molar-refractivity contribution is -0.277. The van der Waals surface area contributed by atoms with Crippen molar-refractivity contribution in [2.45, 2.75) is 42.7 Å². The first-order valence-electron chi connectivity index (χ1n) is 15.5. The highest BCUT2D eigenvalue weighted by molar-refractivity contribution is 6.09. The number of aromatic hydroxyl groups is 5. The van der Waals surface area contributed by atoms with E-state index >= 15 is 0 Å². The second-order valence-electron chi connectivity index (χ2n) is 12.2. The van der Waals surface area contributed by atoms with Gasteiger partial charge in [0.15, 0.2) is 11.2 Å². The third-order valence-corrected chi connectivity index (χ3v) is 8.91. The first kappa shape index (κ1) is 33.6. The summed E-state index contributed by atoms with van der Waals surface area (Å²) in [4.78, 5) is 28.4. The molecule has 7 rings (SSSR count). The van der Waals surface area contributed by atoms with Crippen LogP contribution in [0.4, 0.5) is 0 Å². The van der Waals surface area contributed by atoms with Crippen molar-refractivity contribution < 1.29 is 69.4 Å². The summed E-state index contributed by atoms with van der Waals surface area (Å²) in [5.74, 6) is -5.16. The number of Topliss-reactive ketones (excluding diaryl/α,β-unsaturated/α-hetero) is 1. The van der Waals surface area contributed by atoms with Crippen LogP contribution in [-0.2, 0) is 4.74 Å². The highest BCUT2D eigenvalue weighted by atomic mass is 16.7. The third-order valence-electron chi connectivity index (χ3n) is 8.91. The van der Waals surface area contributed by atoms with E-state index in [2.05, 4.69) is 0 Å². The van der Waals surface area contributed by atoms with E-state index in [4.69, 9.17) is 18.6 Å². The number of ketones is 1. The Morgan fingerprint density at radius 3 is 2.06 bits per heavy atom. The molecule has 2 aliphatic rings. The molecule has 264 valence electrons. The number of fused-ring (bicyclic) bond motifs is 2. The SMILES string of the molecule is O=C1c2c(O)cc(O)cc2OC(c2ccc(O)cc2)C1c1c(OC2OC(CO)C(O)C(O)C2O)cc(O)c2c(=O)cc(-c3ccc(O)cc3)oc12. The molecule has 5 aromatic rings. The molecule has 0 radical (unpaired) electrons. The van der Waals surface area contributed by atoms with E-state index in [1.54, 1.807) is 0 Å². The minimum absolute atomic E-state index is 0.0725. The van der Waals surface area contributed by atoms with E-state index in [9.17, 15) is 55.5 Å². The van der Waals surface area contributed by atoms with Gasteiger partial charge in [-0.3, -0.25) is 9.59 Å². The van der Waals surface area contributed by atoms with Crippen molar-refractivity contribution in [3.05, 3.63) is 99.7 Å². The number of benzene rings is 4. The molecule has 15 heteroatoms. The molecule has 0 amide bonds. The third kappa shape index (κ3) is 5.82. The number of aliphatic hydroxyl groups is 4. The Bertz CT molecular complexity index is 2190. The van der Waals surface area contributed by atoms with Gasteiger partial charge in [0.05, 0.1) is 18.1 Å². The van der Waals surface area contributed by atoms with Gasteiger partial charge in [0.1, 0.15) is 93.1 Å². The number of phenolic OH excluding ortho intramolecular Hbond substituents is 5. The summed E-state index contributed by atoms with van der Waals surface area (Å²) >= 11 is 0. The maximum Gasteiger partial charge on any atom is 0.229 e. The van der Waals surface area contributed by atoms with Crippen molar-refractivity contribution in [1.29, 1.82) is 0 Å². The van der Waals surface area contributed by atoms with Crippen LogP contribution in [0.15, 0.2) is 82.0 Å². The van der Waals surface area contributed by atoms with Crippen molar-refractivity contribution in [2.24, 2.45) is 0 Å². The molecule has 2 aliphatic heterocycles. The Morgan fingerprint density at radius 1 is 0.725 bits per heavy atom. The van der Waals surface area contributed by atoms with Crippen LogP contribution in [-0.4, -0.2) is 89.1 Å². The van der Waals surface area contributed by atoms with Crippen LogP contribution in [0.5, 0.6) is 40.2 Å². The zero-order valence-electron chi connectivity index (χ0n) is 26.2. The predicted molar refractivity (Wildman–Crippen MR) is 174 cm³/mol. The number of rotatable bonds is 6. The minimum atomic E-state index is -1.94. The number of phenols is 5. The summed E-state index contributed by atoms with van der Waals surface area (Å²) in [6.45, 7) is -0.799. The molecule has 3 heterocycles. The van der Waals surface area contributed by atoms with Gasteiger partial charge in [-0.2, -0.15) is 0 Å². The molecule has 0 bridgehead atoms. The van der Waals surface area contributed by atoms with Gasteiger partial charge in [-0.15, -0.1) is 0 Å². The molecule has 1 aromatic heterocycles. The highest BCUT2D eigenvalue weighted by Crippen LogP contribution is 2.52. The van der Waals surface area contributed by atoms with Gasteiger partial charge in [0.2, 0.25) is 6.29 Å².